The predicted octanol–water partition coefficient (Wildman–Crippen LogP) is 6.23. The lowest BCUT2D eigenvalue weighted by Gasteiger charge is -2.13. The first-order valence-corrected chi connectivity index (χ1v) is 11.7. The number of azo groups is 1. The van der Waals surface area contributed by atoms with E-state index in [-0.39, 0.29) is 27.6 Å². The van der Waals surface area contributed by atoms with Gasteiger partial charge in [-0.25, -0.2) is 8.42 Å². The van der Waals surface area contributed by atoms with Crippen molar-refractivity contribution in [3.63, 3.8) is 0 Å². The van der Waals surface area contributed by atoms with Crippen molar-refractivity contribution in [2.45, 2.75) is 11.8 Å². The molecule has 0 bridgehead atoms. The van der Waals surface area contributed by atoms with Gasteiger partial charge in [-0.2, -0.15) is 0 Å². The van der Waals surface area contributed by atoms with Crippen LogP contribution in [0.25, 0.3) is 10.8 Å². The molecule has 0 saturated carbocycles. The van der Waals surface area contributed by atoms with E-state index in [4.69, 9.17) is 11.6 Å². The van der Waals surface area contributed by atoms with Crippen LogP contribution in [-0.2, 0) is 10.0 Å². The van der Waals surface area contributed by atoms with Gasteiger partial charge < -0.3 is 5.11 Å². The van der Waals surface area contributed by atoms with E-state index in [2.05, 4.69) is 15.0 Å². The normalized spacial score (nSPS) is 11.7. The fraction of sp³-hybridized carbons (Fsp3) is 0.0417. The monoisotopic (exact) mass is 479 g/mol. The zero-order chi connectivity index (χ0) is 23.6. The van der Waals surface area contributed by atoms with Crippen molar-refractivity contribution in [1.82, 2.24) is 0 Å². The molecule has 9 heteroatoms. The maximum Gasteiger partial charge on any atom is 0.295 e. The minimum Gasteiger partial charge on any atom is -0.505 e. The van der Waals surface area contributed by atoms with Crippen LogP contribution in [0.1, 0.15) is 15.9 Å². The Bertz CT molecular complexity index is 1480. The summed E-state index contributed by atoms with van der Waals surface area (Å²) in [6.07, 6.45) is 0. The van der Waals surface area contributed by atoms with Gasteiger partial charge >= 0.3 is 0 Å². The van der Waals surface area contributed by atoms with E-state index in [0.29, 0.717) is 15.8 Å². The lowest BCUT2D eigenvalue weighted by molar-refractivity contribution is 0.0995. The third kappa shape index (κ3) is 4.87. The smallest absolute Gasteiger partial charge is 0.295 e. The summed E-state index contributed by atoms with van der Waals surface area (Å²) in [7, 11) is -3.91. The SMILES string of the molecule is Cc1ccc(S(=O)(=O)Nc2cc(N=NC(=O)c3ccc(Cl)cc3)c(O)c3ccccc23)cc1. The van der Waals surface area contributed by atoms with Crippen LogP contribution in [0.3, 0.4) is 0 Å². The summed E-state index contributed by atoms with van der Waals surface area (Å²) in [6.45, 7) is 1.86. The maximum absolute atomic E-state index is 12.9. The van der Waals surface area contributed by atoms with Crippen LogP contribution >= 0.6 is 11.6 Å². The summed E-state index contributed by atoms with van der Waals surface area (Å²) in [5, 5.41) is 19.5. The molecular weight excluding hydrogens is 462 g/mol. The third-order valence-electron chi connectivity index (χ3n) is 4.91. The number of sulfonamides is 1. The van der Waals surface area contributed by atoms with Crippen LogP contribution in [0.5, 0.6) is 5.75 Å². The van der Waals surface area contributed by atoms with E-state index in [1.807, 2.05) is 6.92 Å². The van der Waals surface area contributed by atoms with Crippen molar-refractivity contribution in [3.05, 3.63) is 95.0 Å². The number of phenols is 1. The topological polar surface area (TPSA) is 108 Å². The number of carbonyl (C=O) groups excluding carboxylic acids is 1. The van der Waals surface area contributed by atoms with Crippen molar-refractivity contribution in [2.75, 3.05) is 4.72 Å². The first kappa shape index (κ1) is 22.4. The second-order valence-electron chi connectivity index (χ2n) is 7.27. The second kappa shape index (κ2) is 9.01. The van der Waals surface area contributed by atoms with E-state index >= 15 is 0 Å². The van der Waals surface area contributed by atoms with Crippen LogP contribution in [0.2, 0.25) is 5.02 Å². The molecule has 4 aromatic carbocycles. The van der Waals surface area contributed by atoms with Crippen LogP contribution < -0.4 is 4.72 Å². The van der Waals surface area contributed by atoms with Crippen molar-refractivity contribution in [3.8, 4) is 5.75 Å². The zero-order valence-electron chi connectivity index (χ0n) is 17.4. The van der Waals surface area contributed by atoms with E-state index in [1.54, 1.807) is 48.5 Å². The van der Waals surface area contributed by atoms with Gasteiger partial charge in [-0.05, 0) is 49.4 Å². The molecule has 1 amide bonds. The fourth-order valence-corrected chi connectivity index (χ4v) is 4.37. The number of fused-ring (bicyclic) bond motifs is 1. The Hall–Kier alpha value is -3.75. The third-order valence-corrected chi connectivity index (χ3v) is 6.54. The number of rotatable bonds is 5. The van der Waals surface area contributed by atoms with Gasteiger partial charge in [0.05, 0.1) is 10.6 Å². The molecule has 0 aliphatic heterocycles. The molecule has 0 radical (unpaired) electrons. The predicted molar refractivity (Wildman–Crippen MR) is 128 cm³/mol. The second-order valence-corrected chi connectivity index (χ2v) is 9.39. The number of carbonyl (C=O) groups is 1. The number of anilines is 1. The number of amides is 1. The first-order valence-electron chi connectivity index (χ1n) is 9.80. The summed E-state index contributed by atoms with van der Waals surface area (Å²) in [4.78, 5) is 12.4. The van der Waals surface area contributed by atoms with Gasteiger partial charge in [0.25, 0.3) is 15.9 Å². The van der Waals surface area contributed by atoms with Crippen molar-refractivity contribution in [1.29, 1.82) is 0 Å². The van der Waals surface area contributed by atoms with Gasteiger partial charge in [0.1, 0.15) is 5.69 Å². The summed E-state index contributed by atoms with van der Waals surface area (Å²) >= 11 is 5.83. The Morgan fingerprint density at radius 3 is 2.24 bits per heavy atom. The van der Waals surface area contributed by atoms with E-state index in [1.165, 1.54) is 30.3 Å². The highest BCUT2D eigenvalue weighted by molar-refractivity contribution is 7.92. The molecule has 0 unspecified atom stereocenters. The van der Waals surface area contributed by atoms with Crippen molar-refractivity contribution >= 4 is 49.7 Å². The van der Waals surface area contributed by atoms with Gasteiger partial charge in [-0.1, -0.05) is 53.6 Å². The van der Waals surface area contributed by atoms with Gasteiger partial charge in [0.15, 0.2) is 5.75 Å². The number of nitrogens with zero attached hydrogens (tertiary/aromatic N) is 2. The van der Waals surface area contributed by atoms with Crippen LogP contribution in [-0.4, -0.2) is 19.4 Å². The molecule has 7 nitrogen and oxygen atoms in total. The number of aromatic hydroxyl groups is 1. The largest absolute Gasteiger partial charge is 0.505 e. The Kier molecular flexibility index (Phi) is 6.13. The molecule has 0 aliphatic rings. The minimum absolute atomic E-state index is 0.0578. The number of aryl methyl sites for hydroxylation is 1. The summed E-state index contributed by atoms with van der Waals surface area (Å²) in [6, 6.07) is 20.6. The molecule has 0 spiro atoms. The first-order chi connectivity index (χ1) is 15.7. The quantitative estimate of drug-likeness (QED) is 0.261. The van der Waals surface area contributed by atoms with Gasteiger partial charge in [0.2, 0.25) is 0 Å². The van der Waals surface area contributed by atoms with Crippen LogP contribution in [0, 0.1) is 6.92 Å². The molecule has 33 heavy (non-hydrogen) atoms. The minimum atomic E-state index is -3.91. The summed E-state index contributed by atoms with van der Waals surface area (Å²) in [5.74, 6) is -0.863. The van der Waals surface area contributed by atoms with E-state index in [9.17, 15) is 18.3 Å². The van der Waals surface area contributed by atoms with Crippen LogP contribution in [0.4, 0.5) is 11.4 Å². The highest BCUT2D eigenvalue weighted by atomic mass is 35.5. The summed E-state index contributed by atoms with van der Waals surface area (Å²) in [5.41, 5.74) is 1.33. The highest BCUT2D eigenvalue weighted by Crippen LogP contribution is 2.40. The maximum atomic E-state index is 12.9. The zero-order valence-corrected chi connectivity index (χ0v) is 18.9. The lowest BCUT2D eigenvalue weighted by atomic mass is 10.1. The summed E-state index contributed by atoms with van der Waals surface area (Å²) < 4.78 is 28.4. The van der Waals surface area contributed by atoms with Crippen molar-refractivity contribution < 1.29 is 18.3 Å². The standard InChI is InChI=1S/C24H18ClN3O4S/c1-15-6-12-18(13-7-15)33(31,32)28-21-14-22(23(29)20-5-3-2-4-19(20)21)26-27-24(30)16-8-10-17(25)11-9-16/h2-14,28-29H,1H3. The van der Waals surface area contributed by atoms with E-state index < -0.39 is 15.9 Å². The number of nitrogens with one attached hydrogen (secondary N) is 1. The average molecular weight is 480 g/mol. The molecule has 166 valence electrons. The molecular formula is C24H18ClN3O4S. The molecule has 0 aliphatic carbocycles. The molecule has 0 atom stereocenters. The molecule has 2 N–H and O–H groups in total. The Morgan fingerprint density at radius 1 is 0.939 bits per heavy atom. The van der Waals surface area contributed by atoms with Gasteiger partial charge in [0, 0.05) is 21.4 Å². The number of hydrogen-bond donors (Lipinski definition) is 2. The number of halogens is 1. The average Bonchev–Trinajstić information content (AvgIpc) is 2.80. The van der Waals surface area contributed by atoms with Crippen LogP contribution in [0.15, 0.2) is 94.0 Å². The lowest BCUT2D eigenvalue weighted by Crippen LogP contribution is -2.13. The Balaban J connectivity index is 1.74. The van der Waals surface area contributed by atoms with Crippen molar-refractivity contribution in [2.24, 2.45) is 10.2 Å². The highest BCUT2D eigenvalue weighted by Gasteiger charge is 2.18. The van der Waals surface area contributed by atoms with E-state index in [0.717, 1.165) is 5.56 Å². The number of hydrogen-bond acceptors (Lipinski definition) is 5. The number of benzene rings is 4. The Labute approximate surface area is 195 Å². The molecule has 0 heterocycles. The molecule has 4 rings (SSSR count). The Morgan fingerprint density at radius 2 is 1.58 bits per heavy atom. The van der Waals surface area contributed by atoms with Gasteiger partial charge in [-0.3, -0.25) is 9.52 Å². The fourth-order valence-electron chi connectivity index (χ4n) is 3.18. The van der Waals surface area contributed by atoms with Gasteiger partial charge in [-0.15, -0.1) is 10.2 Å². The molecule has 0 saturated heterocycles. The number of phenolic OH excluding ortho intramolecular Hbond substituents is 1. The molecule has 0 aromatic heterocycles. The molecule has 4 aromatic rings. The molecule has 0 fully saturated rings.